The topological polar surface area (TPSA) is 37.4 Å². The monoisotopic (exact) mass is 363 g/mol. The summed E-state index contributed by atoms with van der Waals surface area (Å²) in [5, 5.41) is 0. The van der Waals surface area contributed by atoms with Gasteiger partial charge in [0.2, 0.25) is 5.91 Å². The third-order valence-corrected chi connectivity index (χ3v) is 4.61. The maximum Gasteiger partial charge on any atom is 0.238 e. The van der Waals surface area contributed by atoms with Crippen molar-refractivity contribution in [3.63, 3.8) is 0 Å². The molecule has 3 rings (SSSR count). The molecule has 130 valence electrons. The summed E-state index contributed by atoms with van der Waals surface area (Å²) < 4.78 is 27.3. The molecular formula is C19H16ClF2NO2. The van der Waals surface area contributed by atoms with Crippen LogP contribution in [0.3, 0.4) is 0 Å². The summed E-state index contributed by atoms with van der Waals surface area (Å²) in [6.45, 7) is 0. The lowest BCUT2D eigenvalue weighted by Crippen LogP contribution is -2.44. The van der Waals surface area contributed by atoms with Crippen LogP contribution >= 0.6 is 11.6 Å². The van der Waals surface area contributed by atoms with Gasteiger partial charge in [0.1, 0.15) is 23.3 Å². The summed E-state index contributed by atoms with van der Waals surface area (Å²) in [7, 11) is 0. The van der Waals surface area contributed by atoms with Gasteiger partial charge in [-0.25, -0.2) is 8.78 Å². The Bertz CT molecular complexity index is 754. The number of hydrogen-bond acceptors (Lipinski definition) is 2. The molecule has 1 heterocycles. The lowest BCUT2D eigenvalue weighted by Gasteiger charge is -2.42. The molecule has 6 heteroatoms. The average molecular weight is 364 g/mol. The first-order chi connectivity index (χ1) is 12.0. The normalized spacial score (nSPS) is 20.6. The predicted octanol–water partition coefficient (Wildman–Crippen LogP) is 4.18. The van der Waals surface area contributed by atoms with Crippen LogP contribution in [-0.2, 0) is 9.59 Å². The van der Waals surface area contributed by atoms with Crippen LogP contribution in [0.25, 0.3) is 0 Å². The molecule has 1 aliphatic rings. The minimum atomic E-state index is -0.628. The molecule has 1 fully saturated rings. The van der Waals surface area contributed by atoms with Crippen LogP contribution in [0, 0.1) is 11.6 Å². The number of Topliss-reactive ketones (excluding diaryl/α,β-unsaturated/α-hetero) is 1. The van der Waals surface area contributed by atoms with E-state index in [2.05, 4.69) is 0 Å². The molecule has 2 aromatic rings. The highest BCUT2D eigenvalue weighted by Crippen LogP contribution is 2.40. The summed E-state index contributed by atoms with van der Waals surface area (Å²) in [6.07, 6.45) is 0.162. The van der Waals surface area contributed by atoms with Gasteiger partial charge in [0, 0.05) is 12.8 Å². The van der Waals surface area contributed by atoms with Crippen molar-refractivity contribution in [3.05, 3.63) is 71.3 Å². The number of piperidine rings is 1. The van der Waals surface area contributed by atoms with Gasteiger partial charge >= 0.3 is 0 Å². The molecule has 25 heavy (non-hydrogen) atoms. The van der Waals surface area contributed by atoms with Gasteiger partial charge in [-0.1, -0.05) is 24.3 Å². The van der Waals surface area contributed by atoms with Crippen molar-refractivity contribution >= 4 is 23.3 Å². The fraction of sp³-hybridized carbons (Fsp3) is 0.263. The fourth-order valence-corrected chi connectivity index (χ4v) is 3.47. The Kier molecular flexibility index (Phi) is 5.13. The van der Waals surface area contributed by atoms with E-state index in [1.54, 1.807) is 12.1 Å². The zero-order chi connectivity index (χ0) is 18.0. The van der Waals surface area contributed by atoms with Gasteiger partial charge in [-0.3, -0.25) is 9.59 Å². The van der Waals surface area contributed by atoms with Crippen LogP contribution in [0.15, 0.2) is 48.5 Å². The zero-order valence-electron chi connectivity index (χ0n) is 13.3. The van der Waals surface area contributed by atoms with Crippen LogP contribution in [0.1, 0.15) is 36.1 Å². The van der Waals surface area contributed by atoms with Gasteiger partial charge in [0.05, 0.1) is 12.1 Å². The van der Waals surface area contributed by atoms with E-state index in [1.807, 2.05) is 0 Å². The smallest absolute Gasteiger partial charge is 0.238 e. The third kappa shape index (κ3) is 3.71. The molecule has 3 nitrogen and oxygen atoms in total. The lowest BCUT2D eigenvalue weighted by molar-refractivity contribution is -0.140. The highest BCUT2D eigenvalue weighted by atomic mass is 35.5. The number of carbonyl (C=O) groups excluding carboxylic acids is 2. The van der Waals surface area contributed by atoms with Gasteiger partial charge in [-0.05, 0) is 35.4 Å². The van der Waals surface area contributed by atoms with Crippen LogP contribution in [-0.4, -0.2) is 22.5 Å². The van der Waals surface area contributed by atoms with Crippen LogP contribution in [0.5, 0.6) is 0 Å². The van der Waals surface area contributed by atoms with Crippen molar-refractivity contribution in [1.29, 1.82) is 0 Å². The Balaban J connectivity index is 2.07. The molecular weight excluding hydrogens is 348 g/mol. The summed E-state index contributed by atoms with van der Waals surface area (Å²) in [6, 6.07) is 10.4. The summed E-state index contributed by atoms with van der Waals surface area (Å²) >= 11 is 5.77. The minimum absolute atomic E-state index is 0.0675. The van der Waals surface area contributed by atoms with Crippen LogP contribution < -0.4 is 0 Å². The molecule has 0 aliphatic carbocycles. The van der Waals surface area contributed by atoms with Crippen LogP contribution in [0.2, 0.25) is 0 Å². The number of nitrogens with zero attached hydrogens (tertiary/aromatic N) is 1. The van der Waals surface area contributed by atoms with E-state index in [4.69, 9.17) is 11.6 Å². The van der Waals surface area contributed by atoms with E-state index in [0.717, 1.165) is 0 Å². The second-order valence-electron chi connectivity index (χ2n) is 6.02. The molecule has 0 saturated carbocycles. The molecule has 2 unspecified atom stereocenters. The number of likely N-dealkylation sites (tertiary alicyclic amines) is 1. The molecule has 0 radical (unpaired) electrons. The number of hydrogen-bond donors (Lipinski definition) is 0. The number of alkyl halides is 1. The molecule has 1 saturated heterocycles. The van der Waals surface area contributed by atoms with Gasteiger partial charge in [-0.2, -0.15) is 0 Å². The summed E-state index contributed by atoms with van der Waals surface area (Å²) in [5.74, 6) is -1.61. The third-order valence-electron chi connectivity index (χ3n) is 4.38. The molecule has 0 spiro atoms. The van der Waals surface area contributed by atoms with E-state index in [1.165, 1.54) is 41.3 Å². The molecule has 2 atom stereocenters. The Morgan fingerprint density at radius 1 is 1.00 bits per heavy atom. The number of halogens is 3. The van der Waals surface area contributed by atoms with Gasteiger partial charge in [-0.15, -0.1) is 11.6 Å². The standard InChI is InChI=1S/C19H16ClF2NO2/c20-11-19(25)23-17(12-3-1-5-14(21)7-12)9-16(24)10-18(23)13-4-2-6-15(22)8-13/h1-8,17-18H,9-11H2. The van der Waals surface area contributed by atoms with E-state index < -0.39 is 23.7 Å². The second kappa shape index (κ2) is 7.31. The SMILES string of the molecule is O=C1CC(c2cccc(F)c2)N(C(=O)CCl)C(c2cccc(F)c2)C1. The van der Waals surface area contributed by atoms with Crippen molar-refractivity contribution in [2.45, 2.75) is 24.9 Å². The maximum absolute atomic E-state index is 13.6. The molecule has 1 amide bonds. The molecule has 1 aliphatic heterocycles. The number of rotatable bonds is 3. The van der Waals surface area contributed by atoms with Gasteiger partial charge < -0.3 is 4.90 Å². The molecule has 0 N–H and O–H groups in total. The second-order valence-corrected chi connectivity index (χ2v) is 6.29. The van der Waals surface area contributed by atoms with Crippen molar-refractivity contribution in [3.8, 4) is 0 Å². The van der Waals surface area contributed by atoms with Gasteiger partial charge in [0.15, 0.2) is 0 Å². The Hall–Kier alpha value is -2.27. The van der Waals surface area contributed by atoms with E-state index >= 15 is 0 Å². The van der Waals surface area contributed by atoms with Crippen molar-refractivity contribution in [2.24, 2.45) is 0 Å². The van der Waals surface area contributed by atoms with E-state index in [-0.39, 0.29) is 30.4 Å². The minimum Gasteiger partial charge on any atom is -0.327 e. The Morgan fingerprint density at radius 3 is 1.88 bits per heavy atom. The number of amides is 1. The van der Waals surface area contributed by atoms with Gasteiger partial charge in [0.25, 0.3) is 0 Å². The Morgan fingerprint density at radius 2 is 1.48 bits per heavy atom. The highest BCUT2D eigenvalue weighted by Gasteiger charge is 2.39. The average Bonchev–Trinajstić information content (AvgIpc) is 2.60. The highest BCUT2D eigenvalue weighted by molar-refractivity contribution is 6.27. The van der Waals surface area contributed by atoms with E-state index in [0.29, 0.717) is 11.1 Å². The van der Waals surface area contributed by atoms with Crippen molar-refractivity contribution in [2.75, 3.05) is 5.88 Å². The lowest BCUT2D eigenvalue weighted by atomic mass is 9.86. The van der Waals surface area contributed by atoms with Crippen molar-refractivity contribution in [1.82, 2.24) is 4.90 Å². The van der Waals surface area contributed by atoms with E-state index in [9.17, 15) is 18.4 Å². The fourth-order valence-electron chi connectivity index (χ4n) is 3.33. The number of carbonyl (C=O) groups is 2. The Labute approximate surface area is 149 Å². The van der Waals surface area contributed by atoms with Crippen molar-refractivity contribution < 1.29 is 18.4 Å². The van der Waals surface area contributed by atoms with Crippen LogP contribution in [0.4, 0.5) is 8.78 Å². The number of ketones is 1. The quantitative estimate of drug-likeness (QED) is 0.767. The summed E-state index contributed by atoms with van der Waals surface area (Å²) in [5.41, 5.74) is 1.04. The summed E-state index contributed by atoms with van der Waals surface area (Å²) in [4.78, 5) is 26.3. The predicted molar refractivity (Wildman–Crippen MR) is 90.1 cm³/mol. The molecule has 2 aromatic carbocycles. The number of benzene rings is 2. The molecule has 0 aromatic heterocycles. The largest absolute Gasteiger partial charge is 0.327 e. The first kappa shape index (κ1) is 17.5. The zero-order valence-corrected chi connectivity index (χ0v) is 14.0. The first-order valence-corrected chi connectivity index (χ1v) is 8.43. The molecule has 0 bridgehead atoms. The maximum atomic E-state index is 13.6. The first-order valence-electron chi connectivity index (χ1n) is 7.89.